The normalized spacial score (nSPS) is 10.3. The third kappa shape index (κ3) is 4.43. The highest BCUT2D eigenvalue weighted by atomic mass is 35.5. The first kappa shape index (κ1) is 14.1. The zero-order chi connectivity index (χ0) is 12.5. The lowest BCUT2D eigenvalue weighted by Crippen LogP contribution is -2.27. The van der Waals surface area contributed by atoms with Gasteiger partial charge in [0.05, 0.1) is 6.61 Å². The molecule has 1 aromatic rings. The molecule has 0 aliphatic heterocycles. The number of hydrogen-bond acceptors (Lipinski definition) is 3. The molecule has 0 radical (unpaired) electrons. The molecule has 0 spiro atoms. The van der Waals surface area contributed by atoms with Crippen molar-refractivity contribution < 1.29 is 4.74 Å². The first-order chi connectivity index (χ1) is 8.33. The fraction of sp³-hybridized carbons (Fsp3) is 0.615. The predicted octanol–water partition coefficient (Wildman–Crippen LogP) is 3.33. The molecule has 0 aromatic carbocycles. The van der Waals surface area contributed by atoms with Gasteiger partial charge >= 0.3 is 0 Å². The van der Waals surface area contributed by atoms with Gasteiger partial charge in [-0.1, -0.05) is 13.8 Å². The molecule has 1 aromatic heterocycles. The average molecular weight is 257 g/mol. The third-order valence-corrected chi connectivity index (χ3v) is 2.53. The molecule has 0 fully saturated rings. The van der Waals surface area contributed by atoms with Crippen LogP contribution in [-0.4, -0.2) is 30.6 Å². The van der Waals surface area contributed by atoms with E-state index in [4.69, 9.17) is 16.3 Å². The maximum absolute atomic E-state index is 5.83. The topological polar surface area (TPSA) is 25.4 Å². The summed E-state index contributed by atoms with van der Waals surface area (Å²) in [5, 5.41) is 0. The zero-order valence-corrected chi connectivity index (χ0v) is 11.4. The van der Waals surface area contributed by atoms with E-state index in [0.717, 1.165) is 44.1 Å². The molecule has 0 atom stereocenters. The second-order valence-electron chi connectivity index (χ2n) is 3.85. The predicted molar refractivity (Wildman–Crippen MR) is 73.2 cm³/mol. The second kappa shape index (κ2) is 8.18. The van der Waals surface area contributed by atoms with Gasteiger partial charge in [0.2, 0.25) is 0 Å². The summed E-state index contributed by atoms with van der Waals surface area (Å²) in [6.45, 7) is 6.72. The molecule has 0 amide bonds. The Morgan fingerprint density at radius 3 is 2.76 bits per heavy atom. The van der Waals surface area contributed by atoms with E-state index >= 15 is 0 Å². The molecule has 0 saturated carbocycles. The van der Waals surface area contributed by atoms with Crippen molar-refractivity contribution in [3.8, 4) is 5.75 Å². The van der Waals surface area contributed by atoms with Crippen molar-refractivity contribution in [2.24, 2.45) is 0 Å². The van der Waals surface area contributed by atoms with E-state index in [9.17, 15) is 0 Å². The minimum Gasteiger partial charge on any atom is -0.490 e. The van der Waals surface area contributed by atoms with E-state index in [0.29, 0.717) is 5.88 Å². The van der Waals surface area contributed by atoms with E-state index in [1.54, 1.807) is 6.20 Å². The van der Waals surface area contributed by atoms with Gasteiger partial charge in [0.25, 0.3) is 0 Å². The highest BCUT2D eigenvalue weighted by molar-refractivity contribution is 6.18. The van der Waals surface area contributed by atoms with E-state index in [1.165, 1.54) is 0 Å². The van der Waals surface area contributed by atoms with Gasteiger partial charge in [-0.2, -0.15) is 0 Å². The Kier molecular flexibility index (Phi) is 6.78. The minimum absolute atomic E-state index is 0.601. The Bertz CT molecular complexity index is 314. The van der Waals surface area contributed by atoms with Crippen molar-refractivity contribution in [2.45, 2.75) is 26.7 Å². The van der Waals surface area contributed by atoms with Gasteiger partial charge in [0, 0.05) is 25.2 Å². The summed E-state index contributed by atoms with van der Waals surface area (Å²) in [5.41, 5.74) is 0. The van der Waals surface area contributed by atoms with Crippen molar-refractivity contribution in [3.63, 3.8) is 0 Å². The first-order valence-electron chi connectivity index (χ1n) is 6.22. The third-order valence-electron chi connectivity index (χ3n) is 2.36. The number of aromatic nitrogens is 1. The van der Waals surface area contributed by atoms with Crippen molar-refractivity contribution in [1.82, 2.24) is 4.98 Å². The highest BCUT2D eigenvalue weighted by Gasteiger charge is 2.12. The molecule has 0 bridgehead atoms. The van der Waals surface area contributed by atoms with Crippen molar-refractivity contribution in [1.29, 1.82) is 0 Å². The molecule has 3 nitrogen and oxygen atoms in total. The van der Waals surface area contributed by atoms with Crippen LogP contribution in [0.4, 0.5) is 5.82 Å². The van der Waals surface area contributed by atoms with Gasteiger partial charge in [-0.05, 0) is 25.0 Å². The van der Waals surface area contributed by atoms with E-state index < -0.39 is 0 Å². The summed E-state index contributed by atoms with van der Waals surface area (Å²) in [6, 6.07) is 3.87. The van der Waals surface area contributed by atoms with Crippen LogP contribution >= 0.6 is 11.6 Å². The fourth-order valence-electron chi connectivity index (χ4n) is 1.64. The maximum Gasteiger partial charge on any atom is 0.171 e. The van der Waals surface area contributed by atoms with Crippen LogP contribution in [0.15, 0.2) is 18.3 Å². The molecule has 0 aliphatic carbocycles. The number of rotatable bonds is 8. The molecule has 1 heterocycles. The van der Waals surface area contributed by atoms with E-state index in [1.807, 2.05) is 12.1 Å². The van der Waals surface area contributed by atoms with E-state index in [-0.39, 0.29) is 0 Å². The number of ether oxygens (including phenoxy) is 1. The van der Waals surface area contributed by atoms with Crippen LogP contribution in [0.1, 0.15) is 26.7 Å². The Balaban J connectivity index is 2.83. The van der Waals surface area contributed by atoms with Crippen molar-refractivity contribution in [3.05, 3.63) is 18.3 Å². The molecule has 1 rings (SSSR count). The maximum atomic E-state index is 5.83. The Labute approximate surface area is 109 Å². The van der Waals surface area contributed by atoms with Crippen molar-refractivity contribution >= 4 is 17.4 Å². The number of pyridine rings is 1. The van der Waals surface area contributed by atoms with Gasteiger partial charge in [0.1, 0.15) is 0 Å². The Hall–Kier alpha value is -0.960. The lowest BCUT2D eigenvalue weighted by molar-refractivity contribution is 0.316. The summed E-state index contributed by atoms with van der Waals surface area (Å²) in [7, 11) is 0. The van der Waals surface area contributed by atoms with Crippen LogP contribution < -0.4 is 9.64 Å². The minimum atomic E-state index is 0.601. The zero-order valence-electron chi connectivity index (χ0n) is 10.7. The van der Waals surface area contributed by atoms with Crippen LogP contribution in [-0.2, 0) is 0 Å². The van der Waals surface area contributed by atoms with Gasteiger partial charge in [-0.3, -0.25) is 0 Å². The highest BCUT2D eigenvalue weighted by Crippen LogP contribution is 2.25. The van der Waals surface area contributed by atoms with Gasteiger partial charge in [0.15, 0.2) is 11.6 Å². The number of alkyl halides is 1. The van der Waals surface area contributed by atoms with Crippen LogP contribution in [0, 0.1) is 0 Å². The summed E-state index contributed by atoms with van der Waals surface area (Å²) >= 11 is 5.83. The lowest BCUT2D eigenvalue weighted by atomic mass is 10.3. The SMILES string of the molecule is CCCOc1cccnc1N(CCC)CCCl. The molecule has 0 N–H and O–H groups in total. The van der Waals surface area contributed by atoms with Gasteiger partial charge in [-0.25, -0.2) is 4.98 Å². The molecule has 17 heavy (non-hydrogen) atoms. The summed E-state index contributed by atoms with van der Waals surface area (Å²) in [6.07, 6.45) is 3.86. The molecule has 96 valence electrons. The van der Waals surface area contributed by atoms with E-state index in [2.05, 4.69) is 23.7 Å². The Morgan fingerprint density at radius 1 is 1.29 bits per heavy atom. The number of nitrogens with zero attached hydrogens (tertiary/aromatic N) is 2. The monoisotopic (exact) mass is 256 g/mol. The summed E-state index contributed by atoms with van der Waals surface area (Å²) < 4.78 is 5.71. The van der Waals surface area contributed by atoms with Crippen LogP contribution in [0.3, 0.4) is 0 Å². The molecule has 0 saturated heterocycles. The molecule has 4 heteroatoms. The summed E-state index contributed by atoms with van der Waals surface area (Å²) in [5.74, 6) is 2.36. The van der Waals surface area contributed by atoms with Crippen LogP contribution in [0.25, 0.3) is 0 Å². The standard InChI is InChI=1S/C13H21ClN2O/c1-3-9-16(10-7-14)13-12(17-11-4-2)6-5-8-15-13/h5-6,8H,3-4,7,9-11H2,1-2H3. The van der Waals surface area contributed by atoms with Gasteiger partial charge < -0.3 is 9.64 Å². The molecular formula is C13H21ClN2O. The molecule has 0 unspecified atom stereocenters. The van der Waals surface area contributed by atoms with Crippen molar-refractivity contribution in [2.75, 3.05) is 30.5 Å². The quantitative estimate of drug-likeness (QED) is 0.667. The average Bonchev–Trinajstić information content (AvgIpc) is 2.36. The van der Waals surface area contributed by atoms with Crippen LogP contribution in [0.2, 0.25) is 0 Å². The molecular weight excluding hydrogens is 236 g/mol. The molecule has 0 aliphatic rings. The number of halogens is 1. The number of anilines is 1. The lowest BCUT2D eigenvalue weighted by Gasteiger charge is -2.24. The Morgan fingerprint density at radius 2 is 2.12 bits per heavy atom. The largest absolute Gasteiger partial charge is 0.490 e. The number of hydrogen-bond donors (Lipinski definition) is 0. The van der Waals surface area contributed by atoms with Crippen LogP contribution in [0.5, 0.6) is 5.75 Å². The second-order valence-corrected chi connectivity index (χ2v) is 4.23. The first-order valence-corrected chi connectivity index (χ1v) is 6.75. The van der Waals surface area contributed by atoms with Gasteiger partial charge in [-0.15, -0.1) is 11.6 Å². The summed E-state index contributed by atoms with van der Waals surface area (Å²) in [4.78, 5) is 6.59. The smallest absolute Gasteiger partial charge is 0.171 e. The fourth-order valence-corrected chi connectivity index (χ4v) is 1.84.